The molecule has 0 N–H and O–H groups in total. The Hall–Kier alpha value is -1.22. The van der Waals surface area contributed by atoms with E-state index in [4.69, 9.17) is 0 Å². The number of pyridine rings is 1. The van der Waals surface area contributed by atoms with Crippen LogP contribution in [0.1, 0.15) is 25.3 Å². The van der Waals surface area contributed by atoms with Crippen molar-refractivity contribution in [2.75, 3.05) is 0 Å². The molecule has 21 heavy (non-hydrogen) atoms. The van der Waals surface area contributed by atoms with Gasteiger partial charge in [-0.1, -0.05) is 13.3 Å². The van der Waals surface area contributed by atoms with Crippen molar-refractivity contribution in [1.82, 2.24) is 0 Å². The molecule has 0 amide bonds. The highest BCUT2D eigenvalue weighted by Gasteiger charge is 2.48. The normalized spacial score (nSPS) is 12.0. The van der Waals surface area contributed by atoms with Gasteiger partial charge >= 0.3 is 11.7 Å². The van der Waals surface area contributed by atoms with Crippen LogP contribution in [0.2, 0.25) is 0 Å². The van der Waals surface area contributed by atoms with Gasteiger partial charge in [-0.2, -0.15) is 8.78 Å². The topological polar surface area (TPSA) is 61.1 Å². The zero-order chi connectivity index (χ0) is 16.7. The van der Waals surface area contributed by atoms with Gasteiger partial charge in [0.15, 0.2) is 22.5 Å². The van der Waals surface area contributed by atoms with Crippen molar-refractivity contribution in [1.29, 1.82) is 0 Å². The van der Waals surface area contributed by atoms with Crippen molar-refractivity contribution in [2.45, 2.75) is 44.9 Å². The van der Waals surface area contributed by atoms with Gasteiger partial charge in [0.2, 0.25) is 0 Å². The maximum Gasteiger partial charge on any atom is 0.393 e. The van der Waals surface area contributed by atoms with Crippen LogP contribution in [0.25, 0.3) is 0 Å². The molecule has 0 aliphatic rings. The number of nitrogens with zero attached hydrogens (tertiary/aromatic N) is 1. The zero-order valence-electron chi connectivity index (χ0n) is 11.6. The summed E-state index contributed by atoms with van der Waals surface area (Å²) in [5, 5.41) is -5.48. The summed E-state index contributed by atoms with van der Waals surface area (Å²) >= 11 is 0. The minimum Gasteiger partial charge on any atom is -0.743 e. The molecule has 1 aromatic rings. The number of rotatable bonds is 5. The molecule has 0 atom stereocenters. The molecule has 0 saturated heterocycles. The van der Waals surface area contributed by atoms with Crippen molar-refractivity contribution in [3.63, 3.8) is 0 Å². The van der Waals surface area contributed by atoms with Crippen LogP contribution in [0, 0.1) is 6.92 Å². The van der Waals surface area contributed by atoms with Crippen molar-refractivity contribution in [3.8, 4) is 0 Å². The lowest BCUT2D eigenvalue weighted by atomic mass is 10.3. The monoisotopic (exact) mass is 331 g/mol. The summed E-state index contributed by atoms with van der Waals surface area (Å²) in [6, 6.07) is 4.23. The van der Waals surface area contributed by atoms with Crippen LogP contribution < -0.4 is 4.57 Å². The van der Waals surface area contributed by atoms with E-state index in [1.165, 1.54) is 18.4 Å². The van der Waals surface area contributed by atoms with E-state index in [-0.39, 0.29) is 0 Å². The summed E-state index contributed by atoms with van der Waals surface area (Å²) in [7, 11) is -6.23. The first-order valence-corrected chi connectivity index (χ1v) is 7.50. The average molecular weight is 331 g/mol. The third-order valence-electron chi connectivity index (χ3n) is 2.36. The zero-order valence-corrected chi connectivity index (χ0v) is 12.4. The van der Waals surface area contributed by atoms with Crippen molar-refractivity contribution in [2.24, 2.45) is 0 Å². The summed E-state index contributed by atoms with van der Waals surface area (Å²) in [5.41, 5.74) is 1.34. The van der Waals surface area contributed by atoms with E-state index in [1.807, 2.05) is 0 Å². The van der Waals surface area contributed by atoms with Crippen LogP contribution in [0.5, 0.6) is 0 Å². The number of unbranched alkanes of at least 4 members (excludes halogenated alkanes) is 1. The first-order valence-electron chi connectivity index (χ1n) is 6.09. The molecule has 4 nitrogen and oxygen atoms in total. The van der Waals surface area contributed by atoms with Crippen LogP contribution in [0.4, 0.5) is 17.6 Å². The molecule has 1 aromatic heterocycles. The van der Waals surface area contributed by atoms with E-state index in [9.17, 15) is 30.5 Å². The Kier molecular flexibility index (Phi) is 7.80. The molecule has 0 fully saturated rings. The smallest absolute Gasteiger partial charge is 0.393 e. The van der Waals surface area contributed by atoms with Crippen molar-refractivity contribution < 1.29 is 35.1 Å². The van der Waals surface area contributed by atoms with E-state index >= 15 is 0 Å². The lowest BCUT2D eigenvalue weighted by Crippen LogP contribution is -2.36. The number of aryl methyl sites for hydroxylation is 2. The van der Waals surface area contributed by atoms with Crippen LogP contribution in [-0.4, -0.2) is 24.7 Å². The van der Waals surface area contributed by atoms with Crippen LogP contribution in [0.3, 0.4) is 0 Å². The first-order chi connectivity index (χ1) is 9.52. The molecule has 0 unspecified atom stereocenters. The summed E-state index contributed by atoms with van der Waals surface area (Å²) in [6.07, 6.45) is 2.38. The number of aromatic nitrogens is 1. The maximum atomic E-state index is 11.4. The summed E-state index contributed by atoms with van der Waals surface area (Å²) in [4.78, 5) is 0. The summed E-state index contributed by atoms with van der Waals surface area (Å²) < 4.78 is 74.9. The van der Waals surface area contributed by atoms with Gasteiger partial charge in [0.05, 0.1) is 0 Å². The third-order valence-corrected chi connectivity index (χ3v) is 3.21. The van der Waals surface area contributed by atoms with Gasteiger partial charge in [-0.25, -0.2) is 21.8 Å². The van der Waals surface area contributed by atoms with Gasteiger partial charge in [0.1, 0.15) is 6.54 Å². The number of hydrogen-bond donors (Lipinski definition) is 0. The van der Waals surface area contributed by atoms with Gasteiger partial charge < -0.3 is 4.55 Å². The molecule has 0 aliphatic carbocycles. The quantitative estimate of drug-likeness (QED) is 0.473. The molecule has 122 valence electrons. The molecule has 0 bridgehead atoms. The molecule has 9 heteroatoms. The Morgan fingerprint density at radius 1 is 1.38 bits per heavy atom. The molecular weight excluding hydrogens is 314 g/mol. The fraction of sp³-hybridized carbons (Fsp3) is 0.583. The van der Waals surface area contributed by atoms with Gasteiger partial charge in [-0.15, -0.1) is 0 Å². The largest absolute Gasteiger partial charge is 0.743 e. The van der Waals surface area contributed by atoms with Crippen molar-refractivity contribution in [3.05, 3.63) is 30.1 Å². The lowest BCUT2D eigenvalue weighted by molar-refractivity contribution is -0.697. The Bertz CT molecular complexity index is 535. The van der Waals surface area contributed by atoms with Crippen LogP contribution >= 0.6 is 0 Å². The minimum atomic E-state index is -6.23. The third kappa shape index (κ3) is 6.85. The lowest BCUT2D eigenvalue weighted by Gasteiger charge is -2.17. The molecule has 0 aromatic carbocycles. The van der Waals surface area contributed by atoms with Gasteiger partial charge in [-0.05, 0) is 13.0 Å². The van der Waals surface area contributed by atoms with E-state index in [0.717, 1.165) is 6.54 Å². The van der Waals surface area contributed by atoms with Gasteiger partial charge in [-0.3, -0.25) is 0 Å². The predicted octanol–water partition coefficient (Wildman–Crippen LogP) is 2.47. The molecule has 0 radical (unpaired) electrons. The highest BCUT2D eigenvalue weighted by molar-refractivity contribution is 7.86. The summed E-state index contributed by atoms with van der Waals surface area (Å²) in [6.45, 7) is 5.50. The number of hydrogen-bond acceptors (Lipinski definition) is 3. The van der Waals surface area contributed by atoms with E-state index in [2.05, 4.69) is 42.9 Å². The maximum absolute atomic E-state index is 11.4. The fourth-order valence-corrected chi connectivity index (χ4v) is 1.46. The van der Waals surface area contributed by atoms with Crippen molar-refractivity contribution >= 4 is 10.1 Å². The second kappa shape index (κ2) is 8.28. The second-order valence-electron chi connectivity index (χ2n) is 4.29. The number of halogens is 4. The second-order valence-corrected chi connectivity index (χ2v) is 5.74. The molecule has 0 spiro atoms. The summed E-state index contributed by atoms with van der Waals surface area (Å²) in [5.74, 6) is 0. The van der Waals surface area contributed by atoms with E-state index < -0.39 is 21.8 Å². The van der Waals surface area contributed by atoms with Gasteiger partial charge in [0, 0.05) is 18.1 Å². The Labute approximate surface area is 121 Å². The highest BCUT2D eigenvalue weighted by Crippen LogP contribution is 2.27. The Morgan fingerprint density at radius 3 is 2.29 bits per heavy atom. The Balaban J connectivity index is 0.000000384. The Morgan fingerprint density at radius 2 is 1.95 bits per heavy atom. The standard InChI is InChI=1S/C10H16N.C2H2F4O3S/c1-3-4-7-11-8-5-6-10(2)9-11;3-1(4)2(5,6)10(7,8)9/h5-6,8-9H,3-4,7H2,1-2H3;1H,(H,7,8,9)/q+1;/p-1. The van der Waals surface area contributed by atoms with E-state index in [0.29, 0.717) is 0 Å². The minimum absolute atomic E-state index is 1.15. The molecule has 0 saturated carbocycles. The number of alkyl halides is 4. The van der Waals surface area contributed by atoms with Gasteiger partial charge in [0.25, 0.3) is 0 Å². The molecule has 0 aliphatic heterocycles. The molecule has 1 heterocycles. The average Bonchev–Trinajstić information content (AvgIpc) is 2.35. The van der Waals surface area contributed by atoms with Crippen LogP contribution in [0.15, 0.2) is 24.5 Å². The highest BCUT2D eigenvalue weighted by atomic mass is 32.2. The van der Waals surface area contributed by atoms with Crippen LogP contribution in [-0.2, 0) is 16.7 Å². The first kappa shape index (κ1) is 19.8. The SMILES string of the molecule is CCCC[n+]1cccc(C)c1.O=S(=O)([O-])C(F)(F)C(F)F. The molecular formula is C12H17F4NO3S. The fourth-order valence-electron chi connectivity index (χ4n) is 1.24. The molecule has 1 rings (SSSR count). The predicted molar refractivity (Wildman–Crippen MR) is 66.9 cm³/mol. The van der Waals surface area contributed by atoms with E-state index in [1.54, 1.807) is 0 Å².